The van der Waals surface area contributed by atoms with Crippen LogP contribution in [-0.2, 0) is 6.54 Å². The van der Waals surface area contributed by atoms with Gasteiger partial charge in [-0.05, 0) is 24.8 Å². The third-order valence-electron chi connectivity index (χ3n) is 2.90. The third-order valence-corrected chi connectivity index (χ3v) is 2.90. The largest absolute Gasteiger partial charge is 0.394 e. The van der Waals surface area contributed by atoms with Crippen molar-refractivity contribution in [2.24, 2.45) is 0 Å². The van der Waals surface area contributed by atoms with Gasteiger partial charge >= 0.3 is 0 Å². The van der Waals surface area contributed by atoms with Crippen molar-refractivity contribution in [2.45, 2.75) is 25.9 Å². The number of fused-ring (bicyclic) bond motifs is 1. The van der Waals surface area contributed by atoms with Crippen molar-refractivity contribution in [2.75, 3.05) is 6.61 Å². The van der Waals surface area contributed by atoms with Gasteiger partial charge < -0.3 is 10.4 Å². The normalized spacial score (nSPS) is 11.9. The fourth-order valence-electron chi connectivity index (χ4n) is 1.71. The van der Waals surface area contributed by atoms with E-state index in [1.54, 1.807) is 0 Å². The summed E-state index contributed by atoms with van der Waals surface area (Å²) in [5, 5.41) is 14.9. The number of aliphatic hydroxyl groups excluding tert-OH is 1. The maximum atomic E-state index is 9.21. The average Bonchev–Trinajstić information content (AvgIpc) is 2.36. The zero-order valence-electron chi connectivity index (χ0n) is 10.3. The molecule has 0 radical (unpaired) electrons. The number of aromatic nitrogens is 1. The molecular weight excluding hydrogens is 212 g/mol. The molecule has 3 heteroatoms. The van der Waals surface area contributed by atoms with Crippen molar-refractivity contribution >= 4 is 10.8 Å². The molecule has 2 N–H and O–H groups in total. The molecule has 0 saturated carbocycles. The fourth-order valence-corrected chi connectivity index (χ4v) is 1.71. The minimum atomic E-state index is -0.267. The first-order chi connectivity index (χ1) is 8.12. The lowest BCUT2D eigenvalue weighted by atomic mass is 10.0. The fraction of sp³-hybridized carbons (Fsp3) is 0.357. The molecule has 0 saturated heterocycles. The predicted octanol–water partition coefficient (Wildman–Crippen LogP) is 2.10. The van der Waals surface area contributed by atoms with Crippen LogP contribution < -0.4 is 5.32 Å². The Kier molecular flexibility index (Phi) is 3.41. The molecule has 1 heterocycles. The Morgan fingerprint density at radius 3 is 2.76 bits per heavy atom. The van der Waals surface area contributed by atoms with Crippen LogP contribution in [-0.4, -0.2) is 22.2 Å². The lowest BCUT2D eigenvalue weighted by Crippen LogP contribution is -2.42. The minimum absolute atomic E-state index is 0.116. The summed E-state index contributed by atoms with van der Waals surface area (Å²) in [7, 11) is 0. The Morgan fingerprint density at radius 2 is 2.00 bits per heavy atom. The molecule has 0 aliphatic rings. The topological polar surface area (TPSA) is 45.1 Å². The first-order valence-electron chi connectivity index (χ1n) is 5.80. The molecule has 2 rings (SSSR count). The first-order valence-corrected chi connectivity index (χ1v) is 5.80. The van der Waals surface area contributed by atoms with E-state index < -0.39 is 0 Å². The number of hydrogen-bond donors (Lipinski definition) is 2. The molecule has 90 valence electrons. The molecule has 0 fully saturated rings. The molecule has 0 atom stereocenters. The zero-order valence-corrected chi connectivity index (χ0v) is 10.3. The molecular formula is C14H18N2O. The summed E-state index contributed by atoms with van der Waals surface area (Å²) in [6.45, 7) is 4.78. The first kappa shape index (κ1) is 12.0. The number of benzene rings is 1. The van der Waals surface area contributed by atoms with Gasteiger partial charge in [-0.3, -0.25) is 4.98 Å². The number of aliphatic hydroxyl groups is 1. The summed E-state index contributed by atoms with van der Waals surface area (Å²) < 4.78 is 0. The van der Waals surface area contributed by atoms with Gasteiger partial charge in [-0.25, -0.2) is 0 Å². The molecule has 0 aliphatic carbocycles. The van der Waals surface area contributed by atoms with Gasteiger partial charge in [0, 0.05) is 29.9 Å². The summed E-state index contributed by atoms with van der Waals surface area (Å²) in [6, 6.07) is 8.20. The van der Waals surface area contributed by atoms with E-state index in [2.05, 4.69) is 22.4 Å². The van der Waals surface area contributed by atoms with Gasteiger partial charge in [0.25, 0.3) is 0 Å². The lowest BCUT2D eigenvalue weighted by molar-refractivity contribution is 0.187. The van der Waals surface area contributed by atoms with Crippen molar-refractivity contribution < 1.29 is 5.11 Å². The Labute approximate surface area is 102 Å². The van der Waals surface area contributed by atoms with Crippen molar-refractivity contribution in [1.82, 2.24) is 10.3 Å². The number of hydrogen-bond acceptors (Lipinski definition) is 3. The molecule has 0 spiro atoms. The SMILES string of the molecule is CC(C)(CO)NCc1cncc2ccccc12. The van der Waals surface area contributed by atoms with Crippen molar-refractivity contribution in [1.29, 1.82) is 0 Å². The van der Waals surface area contributed by atoms with Gasteiger partial charge in [0.2, 0.25) is 0 Å². The summed E-state index contributed by atoms with van der Waals surface area (Å²) in [5.74, 6) is 0. The molecule has 17 heavy (non-hydrogen) atoms. The summed E-state index contributed by atoms with van der Waals surface area (Å²) in [5.41, 5.74) is 0.890. The van der Waals surface area contributed by atoms with Crippen molar-refractivity contribution in [3.63, 3.8) is 0 Å². The minimum Gasteiger partial charge on any atom is -0.394 e. The zero-order chi connectivity index (χ0) is 12.3. The van der Waals surface area contributed by atoms with E-state index in [-0.39, 0.29) is 12.1 Å². The van der Waals surface area contributed by atoms with Crippen LogP contribution in [0.4, 0.5) is 0 Å². The predicted molar refractivity (Wildman–Crippen MR) is 69.7 cm³/mol. The second-order valence-electron chi connectivity index (χ2n) is 4.92. The Balaban J connectivity index is 2.24. The van der Waals surface area contributed by atoms with Gasteiger partial charge in [-0.1, -0.05) is 24.3 Å². The summed E-state index contributed by atoms with van der Waals surface area (Å²) in [6.07, 6.45) is 3.75. The van der Waals surface area contributed by atoms with Crippen LogP contribution in [0.15, 0.2) is 36.7 Å². The highest BCUT2D eigenvalue weighted by molar-refractivity contribution is 5.84. The molecule has 3 nitrogen and oxygen atoms in total. The molecule has 0 unspecified atom stereocenters. The molecule has 2 aromatic rings. The van der Waals surface area contributed by atoms with Crippen LogP contribution in [0.5, 0.6) is 0 Å². The molecule has 0 bridgehead atoms. The maximum Gasteiger partial charge on any atom is 0.0607 e. The highest BCUT2D eigenvalue weighted by Crippen LogP contribution is 2.17. The van der Waals surface area contributed by atoms with E-state index in [1.165, 1.54) is 5.39 Å². The quantitative estimate of drug-likeness (QED) is 0.845. The van der Waals surface area contributed by atoms with Crippen LogP contribution in [0, 0.1) is 0 Å². The van der Waals surface area contributed by atoms with Crippen LogP contribution >= 0.6 is 0 Å². The molecule has 1 aromatic heterocycles. The van der Waals surface area contributed by atoms with Gasteiger partial charge in [0.15, 0.2) is 0 Å². The van der Waals surface area contributed by atoms with E-state index in [9.17, 15) is 5.11 Å². The number of nitrogens with one attached hydrogen (secondary N) is 1. The Bertz CT molecular complexity index is 503. The van der Waals surface area contributed by atoms with Crippen LogP contribution in [0.3, 0.4) is 0 Å². The number of rotatable bonds is 4. The third kappa shape index (κ3) is 2.81. The molecule has 0 aliphatic heterocycles. The van der Waals surface area contributed by atoms with Gasteiger partial charge in [-0.2, -0.15) is 0 Å². The average molecular weight is 230 g/mol. The highest BCUT2D eigenvalue weighted by Gasteiger charge is 2.15. The van der Waals surface area contributed by atoms with Gasteiger partial charge in [0.1, 0.15) is 0 Å². The maximum absolute atomic E-state index is 9.21. The van der Waals surface area contributed by atoms with E-state index >= 15 is 0 Å². The van der Waals surface area contributed by atoms with E-state index in [4.69, 9.17) is 0 Å². The Hall–Kier alpha value is -1.45. The summed E-state index contributed by atoms with van der Waals surface area (Å²) in [4.78, 5) is 4.24. The smallest absolute Gasteiger partial charge is 0.0607 e. The lowest BCUT2D eigenvalue weighted by Gasteiger charge is -2.23. The van der Waals surface area contributed by atoms with Crippen LogP contribution in [0.25, 0.3) is 10.8 Å². The number of nitrogens with zero attached hydrogens (tertiary/aromatic N) is 1. The van der Waals surface area contributed by atoms with Crippen molar-refractivity contribution in [3.8, 4) is 0 Å². The van der Waals surface area contributed by atoms with E-state index in [0.29, 0.717) is 6.54 Å². The molecule has 1 aromatic carbocycles. The summed E-state index contributed by atoms with van der Waals surface area (Å²) >= 11 is 0. The van der Waals surface area contributed by atoms with Gasteiger partial charge in [-0.15, -0.1) is 0 Å². The standard InChI is InChI=1S/C14H18N2O/c1-14(2,10-17)16-9-12-8-15-7-11-5-3-4-6-13(11)12/h3-8,16-17H,9-10H2,1-2H3. The Morgan fingerprint density at radius 1 is 1.24 bits per heavy atom. The molecule has 0 amide bonds. The van der Waals surface area contributed by atoms with Crippen molar-refractivity contribution in [3.05, 3.63) is 42.2 Å². The monoisotopic (exact) mass is 230 g/mol. The number of pyridine rings is 1. The van der Waals surface area contributed by atoms with Gasteiger partial charge in [0.05, 0.1) is 6.61 Å². The second kappa shape index (κ2) is 4.82. The van der Waals surface area contributed by atoms with E-state index in [0.717, 1.165) is 10.9 Å². The van der Waals surface area contributed by atoms with E-state index in [1.807, 2.05) is 38.4 Å². The van der Waals surface area contributed by atoms with Crippen LogP contribution in [0.1, 0.15) is 19.4 Å². The second-order valence-corrected chi connectivity index (χ2v) is 4.92. The van der Waals surface area contributed by atoms with Crippen LogP contribution in [0.2, 0.25) is 0 Å². The highest BCUT2D eigenvalue weighted by atomic mass is 16.3.